The Bertz CT molecular complexity index is 2170. The summed E-state index contributed by atoms with van der Waals surface area (Å²) < 4.78 is 102. The van der Waals surface area contributed by atoms with Gasteiger partial charge in [-0.25, -0.2) is 22.6 Å². The zero-order valence-electron chi connectivity index (χ0n) is 34.2. The molecule has 2 aromatic rings. The minimum Gasteiger partial charge on any atom is -0.493 e. The molecular weight excluding hydrogens is 819 g/mol. The van der Waals surface area contributed by atoms with Gasteiger partial charge in [-0.1, -0.05) is 26.0 Å². The van der Waals surface area contributed by atoms with Crippen LogP contribution in [0.25, 0.3) is 10.8 Å². The van der Waals surface area contributed by atoms with E-state index in [1.807, 2.05) is 11.6 Å². The zero-order chi connectivity index (χ0) is 44.2. The van der Waals surface area contributed by atoms with Crippen molar-refractivity contribution in [3.8, 4) is 17.4 Å². The first-order valence-electron chi connectivity index (χ1n) is 19.7. The van der Waals surface area contributed by atoms with Gasteiger partial charge in [-0.05, 0) is 87.8 Å². The van der Waals surface area contributed by atoms with Gasteiger partial charge in [0.05, 0.1) is 20.8 Å². The standard InChI is InChI=1S/C40H51F4N5O10S/c1-22-9-7-8-10-25-19-39(25,35(52)47-60(55,56)38(21-41)12-13-38)46-32(50)28-17-26(59-33-27-18-30(58-6)29(57-5)16-24(27)11-14-45-33)20-48(28)34(51)31(23(2)15-22)49(36(53)54)37(3,4)40(42,43)44/h8,10-11,14,16,18,22-23,25-26,28,31H,7,9,12-13,15,17,19-21H2,1-6H3,(H,46,50)(H,47,52)(H,53,54)/b10-8-/t22-,23+,25+,26+,28-,31-,39+/m0/s1. The van der Waals surface area contributed by atoms with Crippen LogP contribution in [0.15, 0.2) is 36.5 Å². The molecule has 1 saturated heterocycles. The Morgan fingerprint density at radius 2 is 1.77 bits per heavy atom. The van der Waals surface area contributed by atoms with E-state index in [0.29, 0.717) is 49.0 Å². The molecule has 3 fully saturated rings. The topological polar surface area (TPSA) is 194 Å². The van der Waals surface area contributed by atoms with Crippen molar-refractivity contribution >= 4 is 44.6 Å². The summed E-state index contributed by atoms with van der Waals surface area (Å²) in [5, 5.41) is 14.2. The number of rotatable bonds is 10. The van der Waals surface area contributed by atoms with Gasteiger partial charge in [0.1, 0.15) is 40.7 Å². The maximum absolute atomic E-state index is 15.0. The Balaban J connectivity index is 1.43. The van der Waals surface area contributed by atoms with E-state index in [1.165, 1.54) is 27.3 Å². The summed E-state index contributed by atoms with van der Waals surface area (Å²) in [5.74, 6) is -4.31. The lowest BCUT2D eigenvalue weighted by atomic mass is 9.85. The molecule has 20 heteroatoms. The van der Waals surface area contributed by atoms with Crippen LogP contribution in [0.3, 0.4) is 0 Å². The number of carbonyl (C=O) groups is 4. The predicted octanol–water partition coefficient (Wildman–Crippen LogP) is 5.13. The van der Waals surface area contributed by atoms with Crippen molar-refractivity contribution in [1.29, 1.82) is 0 Å². The number of halogens is 4. The van der Waals surface area contributed by atoms with Gasteiger partial charge in [0, 0.05) is 23.9 Å². The highest BCUT2D eigenvalue weighted by Crippen LogP contribution is 2.48. The molecule has 3 N–H and O–H groups in total. The predicted molar refractivity (Wildman–Crippen MR) is 208 cm³/mol. The second-order valence-electron chi connectivity index (χ2n) is 17.0. The highest BCUT2D eigenvalue weighted by molar-refractivity contribution is 7.91. The number of hydrogen-bond acceptors (Lipinski definition) is 10. The first-order valence-corrected chi connectivity index (χ1v) is 21.2. The van der Waals surface area contributed by atoms with Gasteiger partial charge < -0.3 is 29.5 Å². The van der Waals surface area contributed by atoms with Crippen molar-refractivity contribution in [2.75, 3.05) is 27.4 Å². The number of pyridine rings is 1. The van der Waals surface area contributed by atoms with Gasteiger partial charge in [0.15, 0.2) is 11.5 Å². The van der Waals surface area contributed by atoms with Crippen LogP contribution in [0.5, 0.6) is 17.4 Å². The van der Waals surface area contributed by atoms with Crippen LogP contribution in [0.2, 0.25) is 0 Å². The summed E-state index contributed by atoms with van der Waals surface area (Å²) in [6.45, 7) is 3.00. The number of methoxy groups -OCH3 is 2. The number of fused-ring (bicyclic) bond motifs is 3. The van der Waals surface area contributed by atoms with E-state index in [9.17, 15) is 45.5 Å². The van der Waals surface area contributed by atoms with Crippen molar-refractivity contribution in [3.63, 3.8) is 0 Å². The molecular formula is C40H51F4N5O10S. The van der Waals surface area contributed by atoms with E-state index in [4.69, 9.17) is 14.2 Å². The molecule has 7 atom stereocenters. The Labute approximate surface area is 345 Å². The number of amides is 4. The molecule has 2 aliphatic carbocycles. The second kappa shape index (κ2) is 16.2. The summed E-state index contributed by atoms with van der Waals surface area (Å²) in [5.41, 5.74) is -4.92. The Morgan fingerprint density at radius 3 is 2.37 bits per heavy atom. The van der Waals surface area contributed by atoms with Gasteiger partial charge in [0.25, 0.3) is 5.91 Å². The number of carboxylic acid groups (broad SMARTS) is 1. The monoisotopic (exact) mass is 869 g/mol. The molecule has 1 aromatic carbocycles. The number of benzene rings is 1. The fourth-order valence-corrected chi connectivity index (χ4v) is 9.89. The summed E-state index contributed by atoms with van der Waals surface area (Å²) in [6.07, 6.45) is -2.68. The lowest BCUT2D eigenvalue weighted by Gasteiger charge is -2.45. The molecule has 1 aromatic heterocycles. The largest absolute Gasteiger partial charge is 0.493 e. The third kappa shape index (κ3) is 8.14. The molecule has 4 amide bonds. The van der Waals surface area contributed by atoms with Crippen molar-refractivity contribution in [3.05, 3.63) is 36.5 Å². The lowest BCUT2D eigenvalue weighted by Crippen LogP contribution is -2.66. The average molecular weight is 870 g/mol. The average Bonchev–Trinajstić information content (AvgIpc) is 4.08. The van der Waals surface area contributed by atoms with Crippen LogP contribution in [0, 0.1) is 17.8 Å². The van der Waals surface area contributed by atoms with Gasteiger partial charge in [-0.3, -0.25) is 24.0 Å². The van der Waals surface area contributed by atoms with Crippen LogP contribution < -0.4 is 24.2 Å². The van der Waals surface area contributed by atoms with E-state index in [0.717, 1.165) is 4.90 Å². The van der Waals surface area contributed by atoms with Crippen LogP contribution in [-0.2, 0) is 24.4 Å². The Morgan fingerprint density at radius 1 is 1.10 bits per heavy atom. The molecule has 0 bridgehead atoms. The number of nitrogens with one attached hydrogen (secondary N) is 2. The van der Waals surface area contributed by atoms with Gasteiger partial charge >= 0.3 is 12.3 Å². The van der Waals surface area contributed by atoms with Crippen molar-refractivity contribution in [1.82, 2.24) is 24.8 Å². The van der Waals surface area contributed by atoms with E-state index < -0.39 is 99.1 Å². The van der Waals surface area contributed by atoms with E-state index in [-0.39, 0.29) is 48.8 Å². The quantitative estimate of drug-likeness (QED) is 0.212. The number of nitrogens with zero attached hydrogens (tertiary/aromatic N) is 3. The maximum atomic E-state index is 15.0. The number of aromatic nitrogens is 1. The molecule has 0 unspecified atom stereocenters. The summed E-state index contributed by atoms with van der Waals surface area (Å²) in [7, 11) is -1.63. The number of ether oxygens (including phenoxy) is 3. The highest BCUT2D eigenvalue weighted by atomic mass is 32.2. The summed E-state index contributed by atoms with van der Waals surface area (Å²) in [4.78, 5) is 61.9. The maximum Gasteiger partial charge on any atom is 0.411 e. The molecule has 330 valence electrons. The zero-order valence-corrected chi connectivity index (χ0v) is 35.0. The Hall–Kier alpha value is -4.88. The first-order chi connectivity index (χ1) is 28.1. The number of carbonyl (C=O) groups excluding carboxylic acids is 3. The molecule has 60 heavy (non-hydrogen) atoms. The molecule has 2 aliphatic heterocycles. The minimum absolute atomic E-state index is 0.00248. The van der Waals surface area contributed by atoms with Crippen molar-refractivity contribution in [2.45, 2.75) is 113 Å². The smallest absolute Gasteiger partial charge is 0.411 e. The summed E-state index contributed by atoms with van der Waals surface area (Å²) >= 11 is 0. The fraction of sp³-hybridized carbons (Fsp3) is 0.625. The van der Waals surface area contributed by atoms with Gasteiger partial charge in [-0.15, -0.1) is 0 Å². The molecule has 6 rings (SSSR count). The van der Waals surface area contributed by atoms with E-state index in [2.05, 4.69) is 10.3 Å². The molecule has 3 heterocycles. The lowest BCUT2D eigenvalue weighted by molar-refractivity contribution is -0.222. The van der Waals surface area contributed by atoms with Crippen LogP contribution in [0.1, 0.15) is 72.6 Å². The summed E-state index contributed by atoms with van der Waals surface area (Å²) in [6, 6.07) is 1.46. The Kier molecular flexibility index (Phi) is 12.1. The van der Waals surface area contributed by atoms with Crippen LogP contribution in [-0.4, -0.2) is 120 Å². The van der Waals surface area contributed by atoms with E-state index in [1.54, 1.807) is 30.4 Å². The molecule has 4 aliphatic rings. The SMILES string of the molecule is COc1cc2ccnc(O[C@@H]3C[C@H]4C(=O)N[C@]5(C(=O)NS(=O)(=O)C6(CF)CC6)C[C@H]5/C=C\CC[C@H](C)C[C@@H](C)[C@H](N(C(=O)O)C(C)(C)C(F)(F)F)C(=O)N4C3)c2cc1OC. The highest BCUT2D eigenvalue weighted by Gasteiger charge is 2.64. The third-order valence-electron chi connectivity index (χ3n) is 12.5. The number of allylic oxidation sites excluding steroid dienone is 1. The molecule has 0 radical (unpaired) electrons. The van der Waals surface area contributed by atoms with Crippen molar-refractivity contribution in [2.24, 2.45) is 17.8 Å². The molecule has 2 saturated carbocycles. The van der Waals surface area contributed by atoms with Gasteiger partial charge in [-0.2, -0.15) is 13.2 Å². The second-order valence-corrected chi connectivity index (χ2v) is 19.1. The number of sulfonamides is 1. The van der Waals surface area contributed by atoms with Gasteiger partial charge in [0.2, 0.25) is 27.7 Å². The fourth-order valence-electron chi connectivity index (χ4n) is 8.46. The number of hydrogen-bond donors (Lipinski definition) is 3. The molecule has 0 spiro atoms. The number of alkyl halides is 4. The van der Waals surface area contributed by atoms with E-state index >= 15 is 4.79 Å². The van der Waals surface area contributed by atoms with Crippen molar-refractivity contribution < 1.29 is 64.5 Å². The third-order valence-corrected chi connectivity index (χ3v) is 14.6. The van der Waals surface area contributed by atoms with Crippen LogP contribution in [0.4, 0.5) is 22.4 Å². The minimum atomic E-state index is -5.13. The first kappa shape index (κ1) is 44.7. The van der Waals surface area contributed by atoms with Crippen LogP contribution >= 0.6 is 0 Å². The normalized spacial score (nSPS) is 28.9. The molecule has 15 nitrogen and oxygen atoms in total.